The average Bonchev–Trinajstić information content (AvgIpc) is 3.84. The summed E-state index contributed by atoms with van der Waals surface area (Å²) in [6.45, 7) is 0. The molecule has 0 bridgehead atoms. The molecule has 13 aromatic carbocycles. The lowest BCUT2D eigenvalue weighted by molar-refractivity contribution is 0.803. The van der Waals surface area contributed by atoms with Gasteiger partial charge in [0.25, 0.3) is 0 Å². The van der Waals surface area contributed by atoms with E-state index < -0.39 is 5.41 Å². The molecule has 0 heterocycles. The Morgan fingerprint density at radius 3 is 1.20 bits per heavy atom. The van der Waals surface area contributed by atoms with E-state index in [1.165, 1.54) is 142 Å². The molecule has 2 aliphatic rings. The van der Waals surface area contributed by atoms with Crippen molar-refractivity contribution in [3.63, 3.8) is 0 Å². The summed E-state index contributed by atoms with van der Waals surface area (Å²) in [6.07, 6.45) is 0. The maximum Gasteiger partial charge on any atom is 0.0732 e. The Hall–Kier alpha value is -8.32. The highest BCUT2D eigenvalue weighted by molar-refractivity contribution is 6.26. The molecule has 0 saturated heterocycles. The molecule has 15 rings (SSSR count). The van der Waals surface area contributed by atoms with Crippen molar-refractivity contribution in [1.29, 1.82) is 0 Å². The van der Waals surface area contributed by atoms with Crippen LogP contribution >= 0.6 is 0 Å². The quantitative estimate of drug-likeness (QED) is 0.120. The van der Waals surface area contributed by atoms with Gasteiger partial charge in [0, 0.05) is 0 Å². The van der Waals surface area contributed by atoms with Gasteiger partial charge in [0.2, 0.25) is 0 Å². The van der Waals surface area contributed by atoms with E-state index in [1.807, 2.05) is 0 Å². The molecule has 0 amide bonds. The summed E-state index contributed by atoms with van der Waals surface area (Å²) in [5.41, 5.74) is 15.1. The predicted octanol–water partition coefficient (Wildman–Crippen LogP) is 17.4. The largest absolute Gasteiger partial charge is 0.0732 e. The highest BCUT2D eigenvalue weighted by atomic mass is 14.5. The molecule has 0 atom stereocenters. The van der Waals surface area contributed by atoms with Crippen LogP contribution in [0.4, 0.5) is 0 Å². The molecule has 298 valence electrons. The van der Waals surface area contributed by atoms with Crippen LogP contribution in [0.5, 0.6) is 0 Å². The van der Waals surface area contributed by atoms with E-state index in [-0.39, 0.29) is 0 Å². The SMILES string of the molecule is c1ccc2c(c1)-c1c(c3c4ccccc4ccc3c3ccccc13)C21c2cc(-c3c4ccccc4cc4ccccc34)ccc2-c2ccc(-c3c4ccccc4cc4ccccc34)cc21. The molecule has 0 heteroatoms. The van der Waals surface area contributed by atoms with Gasteiger partial charge in [-0.1, -0.05) is 206 Å². The molecule has 65 heavy (non-hydrogen) atoms. The Kier molecular flexibility index (Phi) is 6.97. The Labute approximate surface area is 376 Å². The number of hydrogen-bond donors (Lipinski definition) is 0. The summed E-state index contributed by atoms with van der Waals surface area (Å²) >= 11 is 0. The van der Waals surface area contributed by atoms with E-state index >= 15 is 0 Å². The van der Waals surface area contributed by atoms with Crippen molar-refractivity contribution >= 4 is 75.4 Å². The smallest absolute Gasteiger partial charge is 0.0619 e. The standard InChI is InChI=1S/C65H38/c1-6-20-46-39(15-1)29-34-55-51-25-11-12-26-54(51)63-56-27-13-14-28-57(56)65(64(63)62(46)55)58-37-44(60-47-21-7-2-16-40(47)35-41-17-3-8-22-48(41)60)30-32-52(58)53-33-31-45(38-59(53)65)61-49-23-9-4-18-42(49)36-43-19-5-10-24-50(43)61/h1-38H. The first-order valence-corrected chi connectivity index (χ1v) is 22.8. The van der Waals surface area contributed by atoms with Crippen LogP contribution in [0.3, 0.4) is 0 Å². The minimum absolute atomic E-state index is 0.643. The fraction of sp³-hybridized carbons (Fsp3) is 0.0154. The Morgan fingerprint density at radius 2 is 0.662 bits per heavy atom. The maximum absolute atomic E-state index is 2.59. The van der Waals surface area contributed by atoms with E-state index in [0.29, 0.717) is 0 Å². The Bertz CT molecular complexity index is 3960. The van der Waals surface area contributed by atoms with Crippen molar-refractivity contribution in [3.8, 4) is 44.5 Å². The topological polar surface area (TPSA) is 0 Å². The molecule has 13 aromatic rings. The zero-order valence-corrected chi connectivity index (χ0v) is 35.4. The van der Waals surface area contributed by atoms with Crippen LogP contribution in [-0.2, 0) is 5.41 Å². The molecular formula is C65H38. The monoisotopic (exact) mass is 818 g/mol. The van der Waals surface area contributed by atoms with E-state index in [9.17, 15) is 0 Å². The maximum atomic E-state index is 2.59. The van der Waals surface area contributed by atoms with E-state index in [0.717, 1.165) is 0 Å². The van der Waals surface area contributed by atoms with Crippen LogP contribution in [0.1, 0.15) is 22.3 Å². The van der Waals surface area contributed by atoms with Crippen molar-refractivity contribution in [2.75, 3.05) is 0 Å². The number of rotatable bonds is 2. The summed E-state index contributed by atoms with van der Waals surface area (Å²) in [5.74, 6) is 0. The molecule has 0 aromatic heterocycles. The van der Waals surface area contributed by atoms with Gasteiger partial charge in [0.1, 0.15) is 0 Å². The summed E-state index contributed by atoms with van der Waals surface area (Å²) in [5, 5.41) is 17.9. The van der Waals surface area contributed by atoms with Crippen LogP contribution in [-0.4, -0.2) is 0 Å². The van der Waals surface area contributed by atoms with Gasteiger partial charge in [-0.2, -0.15) is 0 Å². The minimum atomic E-state index is -0.643. The van der Waals surface area contributed by atoms with Crippen LogP contribution in [0.2, 0.25) is 0 Å². The van der Waals surface area contributed by atoms with E-state index in [4.69, 9.17) is 0 Å². The highest BCUT2D eigenvalue weighted by Gasteiger charge is 2.53. The van der Waals surface area contributed by atoms with Crippen molar-refractivity contribution in [2.45, 2.75) is 5.41 Å². The summed E-state index contributed by atoms with van der Waals surface area (Å²) < 4.78 is 0. The van der Waals surface area contributed by atoms with Crippen LogP contribution in [0.15, 0.2) is 231 Å². The number of hydrogen-bond acceptors (Lipinski definition) is 0. The second-order valence-electron chi connectivity index (χ2n) is 18.2. The van der Waals surface area contributed by atoms with Gasteiger partial charge in [0.05, 0.1) is 5.41 Å². The highest BCUT2D eigenvalue weighted by Crippen LogP contribution is 2.67. The molecule has 0 radical (unpaired) electrons. The number of benzene rings is 13. The molecular weight excluding hydrogens is 781 g/mol. The molecule has 0 N–H and O–H groups in total. The molecule has 0 aliphatic heterocycles. The Morgan fingerprint density at radius 1 is 0.231 bits per heavy atom. The zero-order valence-electron chi connectivity index (χ0n) is 35.4. The molecule has 2 aliphatic carbocycles. The summed E-state index contributed by atoms with van der Waals surface area (Å²) in [7, 11) is 0. The van der Waals surface area contributed by atoms with Crippen LogP contribution in [0.25, 0.3) is 120 Å². The lowest BCUT2D eigenvalue weighted by Gasteiger charge is -2.33. The van der Waals surface area contributed by atoms with Crippen molar-refractivity contribution in [3.05, 3.63) is 253 Å². The Balaban J connectivity index is 1.16. The lowest BCUT2D eigenvalue weighted by atomic mass is 9.68. The second-order valence-corrected chi connectivity index (χ2v) is 18.2. The van der Waals surface area contributed by atoms with Gasteiger partial charge in [0.15, 0.2) is 0 Å². The normalized spacial score (nSPS) is 13.4. The lowest BCUT2D eigenvalue weighted by Crippen LogP contribution is -2.26. The van der Waals surface area contributed by atoms with Gasteiger partial charge < -0.3 is 0 Å². The van der Waals surface area contributed by atoms with E-state index in [2.05, 4.69) is 231 Å². The zero-order chi connectivity index (χ0) is 42.4. The molecule has 0 saturated carbocycles. The van der Waals surface area contributed by atoms with Gasteiger partial charge in [-0.05, 0) is 166 Å². The minimum Gasteiger partial charge on any atom is -0.0619 e. The predicted molar refractivity (Wildman–Crippen MR) is 276 cm³/mol. The second kappa shape index (κ2) is 12.9. The van der Waals surface area contributed by atoms with Crippen LogP contribution in [0, 0.1) is 0 Å². The fourth-order valence-corrected chi connectivity index (χ4v) is 12.6. The van der Waals surface area contributed by atoms with Crippen molar-refractivity contribution in [2.24, 2.45) is 0 Å². The average molecular weight is 819 g/mol. The fourth-order valence-electron chi connectivity index (χ4n) is 12.6. The third kappa shape index (κ3) is 4.55. The van der Waals surface area contributed by atoms with E-state index in [1.54, 1.807) is 0 Å². The first-order chi connectivity index (χ1) is 32.3. The summed E-state index contributed by atoms with van der Waals surface area (Å²) in [4.78, 5) is 0. The van der Waals surface area contributed by atoms with Gasteiger partial charge in [-0.3, -0.25) is 0 Å². The van der Waals surface area contributed by atoms with Crippen molar-refractivity contribution < 1.29 is 0 Å². The molecule has 0 nitrogen and oxygen atoms in total. The van der Waals surface area contributed by atoms with Gasteiger partial charge >= 0.3 is 0 Å². The third-order valence-corrected chi connectivity index (χ3v) is 15.1. The van der Waals surface area contributed by atoms with Crippen LogP contribution < -0.4 is 0 Å². The number of fused-ring (bicyclic) bond motifs is 21. The van der Waals surface area contributed by atoms with Gasteiger partial charge in [-0.25, -0.2) is 0 Å². The molecule has 0 unspecified atom stereocenters. The first-order valence-electron chi connectivity index (χ1n) is 22.8. The molecule has 0 fully saturated rings. The third-order valence-electron chi connectivity index (χ3n) is 15.1. The first kappa shape index (κ1) is 35.2. The van der Waals surface area contributed by atoms with Crippen molar-refractivity contribution in [1.82, 2.24) is 0 Å². The van der Waals surface area contributed by atoms with Gasteiger partial charge in [-0.15, -0.1) is 0 Å². The molecule has 1 spiro atoms. The summed E-state index contributed by atoms with van der Waals surface area (Å²) in [6, 6.07) is 87.6.